The van der Waals surface area contributed by atoms with E-state index in [1.165, 1.54) is 27.8 Å². The van der Waals surface area contributed by atoms with Crippen molar-refractivity contribution in [1.82, 2.24) is 14.8 Å². The summed E-state index contributed by atoms with van der Waals surface area (Å²) in [7, 11) is 0. The van der Waals surface area contributed by atoms with Gasteiger partial charge >= 0.3 is 6.03 Å². The van der Waals surface area contributed by atoms with E-state index in [1.807, 2.05) is 35.9 Å². The molecule has 1 aromatic heterocycles. The zero-order valence-electron chi connectivity index (χ0n) is 16.9. The first kappa shape index (κ1) is 18.7. The summed E-state index contributed by atoms with van der Waals surface area (Å²) in [5.41, 5.74) is 7.98. The number of aromatic nitrogens is 1. The van der Waals surface area contributed by atoms with E-state index >= 15 is 0 Å². The number of amides is 2. The molecule has 2 heterocycles. The quantitative estimate of drug-likeness (QED) is 0.773. The topological polar surface area (TPSA) is 36.4 Å². The third kappa shape index (κ3) is 3.44. The normalized spacial score (nSPS) is 16.3. The summed E-state index contributed by atoms with van der Waals surface area (Å²) in [5, 5.41) is 0. The first-order valence-corrected chi connectivity index (χ1v) is 10.5. The van der Waals surface area contributed by atoms with Gasteiger partial charge in [-0.25, -0.2) is 4.79 Å². The molecule has 1 aliphatic heterocycles. The highest BCUT2D eigenvalue weighted by atomic mass is 16.2. The maximum Gasteiger partial charge on any atom is 0.319 e. The van der Waals surface area contributed by atoms with Gasteiger partial charge in [-0.05, 0) is 62.3 Å². The molecule has 1 aliphatic carbocycles. The molecule has 1 fully saturated rings. The number of nitrogens with zero attached hydrogens (tertiary/aromatic N) is 3. The molecule has 4 nitrogen and oxygen atoms in total. The van der Waals surface area contributed by atoms with Gasteiger partial charge in [0.15, 0.2) is 0 Å². The number of likely N-dealkylation sites (tertiary alicyclic amines) is 1. The van der Waals surface area contributed by atoms with Gasteiger partial charge in [-0.3, -0.25) is 4.98 Å². The fraction of sp³-hybridized carbons (Fsp3) is 0.417. The van der Waals surface area contributed by atoms with Crippen LogP contribution in [0.2, 0.25) is 0 Å². The highest BCUT2D eigenvalue weighted by Crippen LogP contribution is 2.37. The molecule has 0 N–H and O–H groups in total. The Bertz CT molecular complexity index is 839. The predicted molar refractivity (Wildman–Crippen MR) is 113 cm³/mol. The second-order valence-electron chi connectivity index (χ2n) is 7.59. The molecular formula is C24H29N3O. The van der Waals surface area contributed by atoms with Crippen LogP contribution in [-0.4, -0.2) is 47.0 Å². The van der Waals surface area contributed by atoms with Gasteiger partial charge in [-0.2, -0.15) is 0 Å². The molecule has 2 aromatic rings. The number of urea groups is 1. The molecule has 146 valence electrons. The van der Waals surface area contributed by atoms with Crippen LogP contribution in [0, 0.1) is 0 Å². The summed E-state index contributed by atoms with van der Waals surface area (Å²) >= 11 is 0. The lowest BCUT2D eigenvalue weighted by atomic mass is 9.88. The molecule has 0 unspecified atom stereocenters. The second kappa shape index (κ2) is 8.17. The van der Waals surface area contributed by atoms with Crippen molar-refractivity contribution in [3.63, 3.8) is 0 Å². The SMILES string of the molecule is CCN(CC)C(=O)N1CCC(=C2c3ccccc3CCc3cccnc32)CC1. The van der Waals surface area contributed by atoms with Gasteiger partial charge in [0.1, 0.15) is 0 Å². The van der Waals surface area contributed by atoms with Crippen LogP contribution in [0.15, 0.2) is 48.2 Å². The molecule has 4 rings (SSSR count). The smallest absolute Gasteiger partial charge is 0.319 e. The minimum atomic E-state index is 0.175. The number of carbonyl (C=O) groups is 1. The van der Waals surface area contributed by atoms with Gasteiger partial charge < -0.3 is 9.80 Å². The van der Waals surface area contributed by atoms with Crippen molar-refractivity contribution in [3.8, 4) is 0 Å². The Labute approximate surface area is 167 Å². The molecule has 0 atom stereocenters. The molecule has 0 saturated carbocycles. The summed E-state index contributed by atoms with van der Waals surface area (Å²) in [6.45, 7) is 7.21. The largest absolute Gasteiger partial charge is 0.325 e. The number of hydrogen-bond donors (Lipinski definition) is 0. The van der Waals surface area contributed by atoms with E-state index in [4.69, 9.17) is 4.98 Å². The lowest BCUT2D eigenvalue weighted by Gasteiger charge is -2.34. The van der Waals surface area contributed by atoms with Crippen LogP contribution in [0.5, 0.6) is 0 Å². The van der Waals surface area contributed by atoms with E-state index < -0.39 is 0 Å². The number of piperidine rings is 1. The molecule has 1 aromatic carbocycles. The monoisotopic (exact) mass is 375 g/mol. The van der Waals surface area contributed by atoms with E-state index in [0.29, 0.717) is 0 Å². The number of rotatable bonds is 2. The summed E-state index contributed by atoms with van der Waals surface area (Å²) in [5.74, 6) is 0. The van der Waals surface area contributed by atoms with Gasteiger partial charge in [-0.1, -0.05) is 35.9 Å². The van der Waals surface area contributed by atoms with Crippen LogP contribution in [0.3, 0.4) is 0 Å². The van der Waals surface area contributed by atoms with Crippen molar-refractivity contribution in [1.29, 1.82) is 0 Å². The third-order valence-corrected chi connectivity index (χ3v) is 6.10. The fourth-order valence-electron chi connectivity index (χ4n) is 4.51. The number of benzene rings is 1. The highest BCUT2D eigenvalue weighted by molar-refractivity contribution is 5.84. The van der Waals surface area contributed by atoms with E-state index in [9.17, 15) is 4.79 Å². The molecule has 2 aliphatic rings. The van der Waals surface area contributed by atoms with Crippen molar-refractivity contribution >= 4 is 11.6 Å². The number of hydrogen-bond acceptors (Lipinski definition) is 2. The van der Waals surface area contributed by atoms with Gasteiger partial charge in [0.2, 0.25) is 0 Å². The average molecular weight is 376 g/mol. The van der Waals surface area contributed by atoms with Crippen LogP contribution in [0.25, 0.3) is 5.57 Å². The van der Waals surface area contributed by atoms with Crippen LogP contribution in [0.1, 0.15) is 49.1 Å². The molecule has 4 heteroatoms. The van der Waals surface area contributed by atoms with Crippen molar-refractivity contribution in [2.24, 2.45) is 0 Å². The Morgan fingerprint density at radius 1 is 0.964 bits per heavy atom. The Morgan fingerprint density at radius 2 is 1.64 bits per heavy atom. The predicted octanol–water partition coefficient (Wildman–Crippen LogP) is 4.54. The maximum atomic E-state index is 12.7. The average Bonchev–Trinajstić information content (AvgIpc) is 2.91. The lowest BCUT2D eigenvalue weighted by Crippen LogP contribution is -2.45. The summed E-state index contributed by atoms with van der Waals surface area (Å²) in [4.78, 5) is 21.4. The molecular weight excluding hydrogens is 346 g/mol. The highest BCUT2D eigenvalue weighted by Gasteiger charge is 2.27. The molecule has 0 spiro atoms. The van der Waals surface area contributed by atoms with Crippen molar-refractivity contribution in [2.75, 3.05) is 26.2 Å². The lowest BCUT2D eigenvalue weighted by molar-refractivity contribution is 0.154. The zero-order chi connectivity index (χ0) is 19.5. The number of carbonyl (C=O) groups excluding carboxylic acids is 1. The minimum absolute atomic E-state index is 0.175. The van der Waals surface area contributed by atoms with Gasteiger partial charge in [-0.15, -0.1) is 0 Å². The Hall–Kier alpha value is -2.62. The van der Waals surface area contributed by atoms with Crippen LogP contribution in [-0.2, 0) is 12.8 Å². The summed E-state index contributed by atoms with van der Waals surface area (Å²) < 4.78 is 0. The van der Waals surface area contributed by atoms with E-state index in [2.05, 4.69) is 30.3 Å². The minimum Gasteiger partial charge on any atom is -0.325 e. The molecule has 28 heavy (non-hydrogen) atoms. The van der Waals surface area contributed by atoms with E-state index in [1.54, 1.807) is 0 Å². The standard InChI is InChI=1S/C24H29N3O/c1-3-26(4-2)24(28)27-16-13-19(14-17-27)22-21-10-6-5-8-18(21)11-12-20-9-7-15-25-23(20)22/h5-10,15H,3-4,11-14,16-17H2,1-2H3. The van der Waals surface area contributed by atoms with Crippen LogP contribution < -0.4 is 0 Å². The van der Waals surface area contributed by atoms with Crippen molar-refractivity contribution in [3.05, 3.63) is 70.6 Å². The van der Waals surface area contributed by atoms with E-state index in [0.717, 1.165) is 57.6 Å². The third-order valence-electron chi connectivity index (χ3n) is 6.10. The molecule has 1 saturated heterocycles. The van der Waals surface area contributed by atoms with E-state index in [-0.39, 0.29) is 6.03 Å². The number of aryl methyl sites for hydroxylation is 2. The van der Waals surface area contributed by atoms with Crippen LogP contribution >= 0.6 is 0 Å². The van der Waals surface area contributed by atoms with Gasteiger partial charge in [0.05, 0.1) is 5.69 Å². The molecule has 2 amide bonds. The Kier molecular flexibility index (Phi) is 5.47. The summed E-state index contributed by atoms with van der Waals surface area (Å²) in [6.07, 6.45) is 5.84. The fourth-order valence-corrected chi connectivity index (χ4v) is 4.51. The van der Waals surface area contributed by atoms with Gasteiger partial charge in [0, 0.05) is 37.9 Å². The van der Waals surface area contributed by atoms with Gasteiger partial charge in [0.25, 0.3) is 0 Å². The van der Waals surface area contributed by atoms with Crippen molar-refractivity contribution in [2.45, 2.75) is 39.5 Å². The Morgan fingerprint density at radius 3 is 2.39 bits per heavy atom. The molecule has 0 radical (unpaired) electrons. The number of pyridine rings is 1. The second-order valence-corrected chi connectivity index (χ2v) is 7.59. The Balaban J connectivity index is 1.69. The molecule has 0 bridgehead atoms. The zero-order valence-corrected chi connectivity index (χ0v) is 16.9. The summed E-state index contributed by atoms with van der Waals surface area (Å²) in [6, 6.07) is 13.2. The number of fused-ring (bicyclic) bond motifs is 2. The maximum absolute atomic E-state index is 12.7. The first-order valence-electron chi connectivity index (χ1n) is 10.5. The van der Waals surface area contributed by atoms with Crippen LogP contribution in [0.4, 0.5) is 4.79 Å². The first-order chi connectivity index (χ1) is 13.7. The van der Waals surface area contributed by atoms with Crippen molar-refractivity contribution < 1.29 is 4.79 Å².